The average Bonchev–Trinajstić information content (AvgIpc) is 2.90. The number of nitrogens with zero attached hydrogens (tertiary/aromatic N) is 1. The Morgan fingerprint density at radius 3 is 2.62 bits per heavy atom. The van der Waals surface area contributed by atoms with Gasteiger partial charge in [-0.3, -0.25) is 4.79 Å². The summed E-state index contributed by atoms with van der Waals surface area (Å²) in [6.45, 7) is 0. The number of sulfonamides is 1. The molecule has 0 spiro atoms. The van der Waals surface area contributed by atoms with Crippen LogP contribution in [-0.4, -0.2) is 14.3 Å². The second-order valence-electron chi connectivity index (χ2n) is 5.14. The van der Waals surface area contributed by atoms with Crippen molar-refractivity contribution in [1.29, 1.82) is 5.26 Å². The molecule has 1 N–H and O–H groups in total. The van der Waals surface area contributed by atoms with Crippen LogP contribution in [0.25, 0.3) is 0 Å². The first kappa shape index (κ1) is 15.8. The second kappa shape index (κ2) is 6.46. The van der Waals surface area contributed by atoms with Crippen molar-refractivity contribution in [2.75, 3.05) is 0 Å². The van der Waals surface area contributed by atoms with Gasteiger partial charge in [-0.15, -0.1) is 0 Å². The van der Waals surface area contributed by atoms with Gasteiger partial charge in [0.15, 0.2) is 0 Å². The maximum Gasteiger partial charge on any atom is 0.264 e. The predicted octanol–water partition coefficient (Wildman–Crippen LogP) is 2.60. The van der Waals surface area contributed by atoms with Crippen LogP contribution in [0.15, 0.2) is 23.1 Å². The Labute approximate surface area is 129 Å². The quantitative estimate of drug-likeness (QED) is 0.921. The van der Waals surface area contributed by atoms with Crippen molar-refractivity contribution < 1.29 is 13.2 Å². The van der Waals surface area contributed by atoms with Gasteiger partial charge in [-0.05, 0) is 37.0 Å². The van der Waals surface area contributed by atoms with E-state index in [-0.39, 0.29) is 27.8 Å². The van der Waals surface area contributed by atoms with Gasteiger partial charge in [-0.2, -0.15) is 5.26 Å². The third-order valence-electron chi connectivity index (χ3n) is 3.57. The van der Waals surface area contributed by atoms with Gasteiger partial charge in [0.2, 0.25) is 5.91 Å². The van der Waals surface area contributed by atoms with E-state index in [1.54, 1.807) is 0 Å². The molecule has 5 nitrogen and oxygen atoms in total. The molecular formula is C14H15ClN2O3S. The minimum atomic E-state index is -3.94. The molecule has 1 aliphatic carbocycles. The third kappa shape index (κ3) is 3.96. The van der Waals surface area contributed by atoms with E-state index in [1.165, 1.54) is 18.2 Å². The fourth-order valence-electron chi connectivity index (χ4n) is 2.48. The number of amides is 1. The highest BCUT2D eigenvalue weighted by atomic mass is 35.5. The summed E-state index contributed by atoms with van der Waals surface area (Å²) in [6, 6.07) is 5.60. The lowest BCUT2D eigenvalue weighted by atomic mass is 10.0. The Morgan fingerprint density at radius 1 is 1.38 bits per heavy atom. The minimum absolute atomic E-state index is 0.0450. The topological polar surface area (TPSA) is 87.0 Å². The van der Waals surface area contributed by atoms with Gasteiger partial charge >= 0.3 is 0 Å². The van der Waals surface area contributed by atoms with Crippen LogP contribution in [0.2, 0.25) is 5.02 Å². The van der Waals surface area contributed by atoms with Crippen LogP contribution in [-0.2, 0) is 14.8 Å². The summed E-state index contributed by atoms with van der Waals surface area (Å²) in [5.74, 6) is -0.230. The average molecular weight is 327 g/mol. The van der Waals surface area contributed by atoms with Gasteiger partial charge in [0.05, 0.1) is 15.5 Å². The van der Waals surface area contributed by atoms with Crippen LogP contribution in [0.4, 0.5) is 0 Å². The molecule has 0 saturated heterocycles. The number of hydrogen-bond donors (Lipinski definition) is 1. The lowest BCUT2D eigenvalue weighted by Gasteiger charge is -2.10. The molecule has 7 heteroatoms. The number of benzene rings is 1. The molecule has 0 heterocycles. The van der Waals surface area contributed by atoms with Gasteiger partial charge in [0.25, 0.3) is 10.0 Å². The molecular weight excluding hydrogens is 312 g/mol. The van der Waals surface area contributed by atoms with Crippen molar-refractivity contribution >= 4 is 27.5 Å². The number of hydrogen-bond acceptors (Lipinski definition) is 4. The zero-order valence-corrected chi connectivity index (χ0v) is 12.9. The zero-order chi connectivity index (χ0) is 15.5. The Kier molecular flexibility index (Phi) is 4.86. The van der Waals surface area contributed by atoms with Gasteiger partial charge in [0, 0.05) is 6.42 Å². The Morgan fingerprint density at radius 2 is 2.05 bits per heavy atom. The maximum absolute atomic E-state index is 12.1. The first-order valence-corrected chi connectivity index (χ1v) is 8.54. The highest BCUT2D eigenvalue weighted by molar-refractivity contribution is 7.90. The van der Waals surface area contributed by atoms with Gasteiger partial charge in [0.1, 0.15) is 6.07 Å². The molecule has 1 aromatic rings. The monoisotopic (exact) mass is 326 g/mol. The van der Waals surface area contributed by atoms with Gasteiger partial charge < -0.3 is 0 Å². The van der Waals surface area contributed by atoms with Crippen molar-refractivity contribution in [3.63, 3.8) is 0 Å². The number of carbonyl (C=O) groups excluding carboxylic acids is 1. The molecule has 1 amide bonds. The summed E-state index contributed by atoms with van der Waals surface area (Å²) in [7, 11) is -3.94. The molecule has 112 valence electrons. The van der Waals surface area contributed by atoms with Crippen molar-refractivity contribution in [2.24, 2.45) is 5.92 Å². The lowest BCUT2D eigenvalue weighted by molar-refractivity contribution is -0.120. The largest absolute Gasteiger partial charge is 0.274 e. The molecule has 1 aliphatic rings. The first-order chi connectivity index (χ1) is 9.92. The van der Waals surface area contributed by atoms with E-state index in [0.717, 1.165) is 25.7 Å². The number of halogens is 1. The summed E-state index contributed by atoms with van der Waals surface area (Å²) < 4.78 is 26.2. The zero-order valence-electron chi connectivity index (χ0n) is 11.3. The van der Waals surface area contributed by atoms with Crippen LogP contribution in [0.3, 0.4) is 0 Å². The molecule has 0 bridgehead atoms. The Balaban J connectivity index is 2.09. The number of carbonyl (C=O) groups is 1. The normalized spacial score (nSPS) is 15.6. The van der Waals surface area contributed by atoms with Crippen LogP contribution in [0.1, 0.15) is 37.7 Å². The maximum atomic E-state index is 12.1. The van der Waals surface area contributed by atoms with E-state index < -0.39 is 15.9 Å². The molecule has 1 fully saturated rings. The van der Waals surface area contributed by atoms with Crippen molar-refractivity contribution in [3.05, 3.63) is 28.8 Å². The molecule has 0 unspecified atom stereocenters. The van der Waals surface area contributed by atoms with Crippen LogP contribution in [0.5, 0.6) is 0 Å². The van der Waals surface area contributed by atoms with E-state index in [4.69, 9.17) is 16.9 Å². The SMILES string of the molecule is N#Cc1ccc(S(=O)(=O)NC(=O)CC2CCCC2)cc1Cl. The van der Waals surface area contributed by atoms with E-state index in [9.17, 15) is 13.2 Å². The summed E-state index contributed by atoms with van der Waals surface area (Å²) in [5.41, 5.74) is 0.188. The van der Waals surface area contributed by atoms with E-state index >= 15 is 0 Å². The summed E-state index contributed by atoms with van der Waals surface area (Å²) >= 11 is 5.81. The minimum Gasteiger partial charge on any atom is -0.274 e. The molecule has 0 aliphatic heterocycles. The molecule has 0 atom stereocenters. The predicted molar refractivity (Wildman–Crippen MR) is 78.1 cm³/mol. The van der Waals surface area contributed by atoms with Crippen molar-refractivity contribution in [3.8, 4) is 6.07 Å². The number of rotatable bonds is 4. The van der Waals surface area contributed by atoms with Crippen LogP contribution >= 0.6 is 11.6 Å². The van der Waals surface area contributed by atoms with Crippen molar-refractivity contribution in [2.45, 2.75) is 37.0 Å². The standard InChI is InChI=1S/C14H15ClN2O3S/c15-13-8-12(6-5-11(13)9-16)21(19,20)17-14(18)7-10-3-1-2-4-10/h5-6,8,10H,1-4,7H2,(H,17,18). The Bertz CT molecular complexity index is 689. The molecule has 0 radical (unpaired) electrons. The number of nitrogens with one attached hydrogen (secondary N) is 1. The molecule has 1 saturated carbocycles. The molecule has 0 aromatic heterocycles. The van der Waals surface area contributed by atoms with E-state index in [1.807, 2.05) is 6.07 Å². The highest BCUT2D eigenvalue weighted by Gasteiger charge is 2.23. The number of nitriles is 1. The molecule has 2 rings (SSSR count). The smallest absolute Gasteiger partial charge is 0.264 e. The first-order valence-electron chi connectivity index (χ1n) is 6.67. The summed E-state index contributed by atoms with van der Waals surface area (Å²) in [4.78, 5) is 11.7. The summed E-state index contributed by atoms with van der Waals surface area (Å²) in [5, 5.41) is 8.81. The Hall–Kier alpha value is -1.58. The van der Waals surface area contributed by atoms with E-state index in [0.29, 0.717) is 0 Å². The third-order valence-corrected chi connectivity index (χ3v) is 5.25. The summed E-state index contributed by atoms with van der Waals surface area (Å²) in [6.07, 6.45) is 4.35. The van der Waals surface area contributed by atoms with Crippen LogP contribution in [0, 0.1) is 17.2 Å². The fraction of sp³-hybridized carbons (Fsp3) is 0.429. The fourth-order valence-corrected chi connectivity index (χ4v) is 3.79. The molecule has 1 aromatic carbocycles. The lowest BCUT2D eigenvalue weighted by Crippen LogP contribution is -2.31. The van der Waals surface area contributed by atoms with E-state index in [2.05, 4.69) is 4.72 Å². The van der Waals surface area contributed by atoms with Gasteiger partial charge in [-0.1, -0.05) is 24.4 Å². The highest BCUT2D eigenvalue weighted by Crippen LogP contribution is 2.27. The second-order valence-corrected chi connectivity index (χ2v) is 7.23. The molecule has 21 heavy (non-hydrogen) atoms. The van der Waals surface area contributed by atoms with Gasteiger partial charge in [-0.25, -0.2) is 13.1 Å². The van der Waals surface area contributed by atoms with Crippen molar-refractivity contribution in [1.82, 2.24) is 4.72 Å². The van der Waals surface area contributed by atoms with Crippen LogP contribution < -0.4 is 4.72 Å².